The second-order valence-corrected chi connectivity index (χ2v) is 6.00. The number of benzene rings is 1. The van der Waals surface area contributed by atoms with Gasteiger partial charge in [-0.2, -0.15) is 0 Å². The summed E-state index contributed by atoms with van der Waals surface area (Å²) in [5.41, 5.74) is -0.228. The Morgan fingerprint density at radius 2 is 1.96 bits per heavy atom. The number of methoxy groups -OCH3 is 3. The average Bonchev–Trinajstić information content (AvgIpc) is 3.12. The van der Waals surface area contributed by atoms with Gasteiger partial charge in [-0.1, -0.05) is 0 Å². The lowest BCUT2D eigenvalue weighted by molar-refractivity contribution is -0.131. The molecule has 1 aliphatic rings. The highest BCUT2D eigenvalue weighted by molar-refractivity contribution is 5.90. The van der Waals surface area contributed by atoms with Gasteiger partial charge in [0.1, 0.15) is 6.54 Å². The van der Waals surface area contributed by atoms with Crippen molar-refractivity contribution in [3.8, 4) is 11.5 Å². The lowest BCUT2D eigenvalue weighted by Crippen LogP contribution is -2.35. The van der Waals surface area contributed by atoms with Gasteiger partial charge in [0.25, 0.3) is 5.56 Å². The van der Waals surface area contributed by atoms with Gasteiger partial charge >= 0.3 is 0 Å². The highest BCUT2D eigenvalue weighted by Gasteiger charge is 2.26. The molecule has 7 nitrogen and oxygen atoms in total. The number of nitrogens with zero attached hydrogens (tertiary/aromatic N) is 2. The van der Waals surface area contributed by atoms with Crippen LogP contribution in [0.5, 0.6) is 11.5 Å². The van der Waals surface area contributed by atoms with Crippen LogP contribution in [-0.2, 0) is 16.1 Å². The summed E-state index contributed by atoms with van der Waals surface area (Å²) >= 11 is 0. The van der Waals surface area contributed by atoms with Crippen molar-refractivity contribution in [1.29, 1.82) is 0 Å². The lowest BCUT2D eigenvalue weighted by atomic mass is 10.1. The van der Waals surface area contributed by atoms with Crippen LogP contribution < -0.4 is 15.0 Å². The largest absolute Gasteiger partial charge is 0.493 e. The Hall–Kier alpha value is -2.54. The van der Waals surface area contributed by atoms with Gasteiger partial charge in [-0.05, 0) is 24.6 Å². The first-order valence-corrected chi connectivity index (χ1v) is 8.13. The maximum absolute atomic E-state index is 12.7. The summed E-state index contributed by atoms with van der Waals surface area (Å²) in [5, 5.41) is 1.15. The van der Waals surface area contributed by atoms with Gasteiger partial charge < -0.3 is 23.7 Å². The number of carbonyl (C=O) groups excluding carboxylic acids is 1. The molecule has 0 bridgehead atoms. The van der Waals surface area contributed by atoms with E-state index < -0.39 is 0 Å². The molecular weight excluding hydrogens is 324 g/mol. The SMILES string of the molecule is COc1ccc2c(=O)n(CC(=O)N3CCC(OC)C3)ccc2c1OC. The first-order valence-electron chi connectivity index (χ1n) is 8.13. The van der Waals surface area contributed by atoms with Crippen LogP contribution in [0.1, 0.15) is 6.42 Å². The molecule has 1 amide bonds. The van der Waals surface area contributed by atoms with Crippen molar-refractivity contribution in [2.24, 2.45) is 0 Å². The highest BCUT2D eigenvalue weighted by Crippen LogP contribution is 2.33. The van der Waals surface area contributed by atoms with Crippen LogP contribution in [0.15, 0.2) is 29.2 Å². The summed E-state index contributed by atoms with van der Waals surface area (Å²) in [6.07, 6.45) is 2.52. The fraction of sp³-hybridized carbons (Fsp3) is 0.444. The van der Waals surface area contributed by atoms with Gasteiger partial charge in [0.15, 0.2) is 11.5 Å². The van der Waals surface area contributed by atoms with Crippen LogP contribution >= 0.6 is 0 Å². The van der Waals surface area contributed by atoms with Crippen molar-refractivity contribution in [3.05, 3.63) is 34.7 Å². The first-order chi connectivity index (χ1) is 12.1. The molecule has 25 heavy (non-hydrogen) atoms. The molecule has 1 fully saturated rings. The first kappa shape index (κ1) is 17.3. The topological polar surface area (TPSA) is 70.0 Å². The molecule has 7 heteroatoms. The van der Waals surface area contributed by atoms with Crippen LogP contribution in [-0.4, -0.2) is 55.9 Å². The molecule has 3 rings (SSSR count). The summed E-state index contributed by atoms with van der Waals surface area (Å²) in [6, 6.07) is 5.16. The van der Waals surface area contributed by atoms with E-state index in [1.807, 2.05) is 0 Å². The summed E-state index contributed by atoms with van der Waals surface area (Å²) in [7, 11) is 4.73. The van der Waals surface area contributed by atoms with Crippen molar-refractivity contribution in [2.45, 2.75) is 19.1 Å². The molecule has 0 spiro atoms. The zero-order valence-corrected chi connectivity index (χ0v) is 14.7. The molecule has 2 heterocycles. The number of rotatable bonds is 5. The molecule has 0 N–H and O–H groups in total. The molecule has 0 aliphatic carbocycles. The zero-order valence-electron chi connectivity index (χ0n) is 14.7. The predicted octanol–water partition coefficient (Wildman–Crippen LogP) is 1.27. The Bertz CT molecular complexity index is 845. The number of likely N-dealkylation sites (tertiary alicyclic amines) is 1. The van der Waals surface area contributed by atoms with Crippen LogP contribution in [0, 0.1) is 0 Å². The van der Waals surface area contributed by atoms with E-state index >= 15 is 0 Å². The molecule has 2 aromatic rings. The number of amides is 1. The van der Waals surface area contributed by atoms with Gasteiger partial charge in [0, 0.05) is 31.8 Å². The minimum absolute atomic E-state index is 0.0134. The lowest BCUT2D eigenvalue weighted by Gasteiger charge is -2.17. The molecule has 134 valence electrons. The number of aromatic nitrogens is 1. The predicted molar refractivity (Wildman–Crippen MR) is 93.3 cm³/mol. The summed E-state index contributed by atoms with van der Waals surface area (Å²) in [5.74, 6) is 0.991. The molecule has 1 aliphatic heterocycles. The van der Waals surface area contributed by atoms with Gasteiger partial charge in [-0.25, -0.2) is 0 Å². The molecule has 1 aromatic heterocycles. The van der Waals surface area contributed by atoms with E-state index in [1.165, 1.54) is 11.7 Å². The van der Waals surface area contributed by atoms with Crippen molar-refractivity contribution in [3.63, 3.8) is 0 Å². The van der Waals surface area contributed by atoms with E-state index in [-0.39, 0.29) is 24.1 Å². The quantitative estimate of drug-likeness (QED) is 0.815. The number of hydrogen-bond acceptors (Lipinski definition) is 5. The van der Waals surface area contributed by atoms with Crippen LogP contribution in [0.2, 0.25) is 0 Å². The zero-order chi connectivity index (χ0) is 18.0. The normalized spacial score (nSPS) is 17.1. The van der Waals surface area contributed by atoms with Crippen molar-refractivity contribution in [1.82, 2.24) is 9.47 Å². The number of ether oxygens (including phenoxy) is 3. The van der Waals surface area contributed by atoms with Crippen LogP contribution in [0.25, 0.3) is 10.8 Å². The van der Waals surface area contributed by atoms with Gasteiger partial charge in [0.05, 0.1) is 25.7 Å². The van der Waals surface area contributed by atoms with E-state index in [2.05, 4.69) is 0 Å². The minimum Gasteiger partial charge on any atom is -0.493 e. The number of pyridine rings is 1. The molecule has 1 atom stereocenters. The minimum atomic E-state index is -0.228. The summed E-state index contributed by atoms with van der Waals surface area (Å²) in [4.78, 5) is 26.9. The number of carbonyl (C=O) groups is 1. The Morgan fingerprint density at radius 3 is 2.60 bits per heavy atom. The van der Waals surface area contributed by atoms with Gasteiger partial charge in [0.2, 0.25) is 5.91 Å². The number of hydrogen-bond donors (Lipinski definition) is 0. The smallest absolute Gasteiger partial charge is 0.259 e. The second-order valence-electron chi connectivity index (χ2n) is 6.00. The van der Waals surface area contributed by atoms with Gasteiger partial charge in [-0.15, -0.1) is 0 Å². The number of fused-ring (bicyclic) bond motifs is 1. The van der Waals surface area contributed by atoms with E-state index in [9.17, 15) is 9.59 Å². The fourth-order valence-corrected chi connectivity index (χ4v) is 3.21. The van der Waals surface area contributed by atoms with E-state index in [0.717, 1.165) is 6.42 Å². The fourth-order valence-electron chi connectivity index (χ4n) is 3.21. The molecule has 1 aromatic carbocycles. The Morgan fingerprint density at radius 1 is 1.16 bits per heavy atom. The van der Waals surface area contributed by atoms with Crippen LogP contribution in [0.4, 0.5) is 0 Å². The van der Waals surface area contributed by atoms with E-state index in [0.29, 0.717) is 35.4 Å². The van der Waals surface area contributed by atoms with Crippen molar-refractivity contribution < 1.29 is 19.0 Å². The third-order valence-corrected chi connectivity index (χ3v) is 4.63. The monoisotopic (exact) mass is 346 g/mol. The molecular formula is C18H22N2O5. The summed E-state index contributed by atoms with van der Waals surface area (Å²) in [6.45, 7) is 1.24. The van der Waals surface area contributed by atoms with E-state index in [4.69, 9.17) is 14.2 Å². The second kappa shape index (κ2) is 7.14. The van der Waals surface area contributed by atoms with Gasteiger partial charge in [-0.3, -0.25) is 9.59 Å². The highest BCUT2D eigenvalue weighted by atomic mass is 16.5. The summed E-state index contributed by atoms with van der Waals surface area (Å²) < 4.78 is 17.3. The molecule has 1 saturated heterocycles. The third-order valence-electron chi connectivity index (χ3n) is 4.63. The Balaban J connectivity index is 1.90. The van der Waals surface area contributed by atoms with Crippen LogP contribution in [0.3, 0.4) is 0 Å². The van der Waals surface area contributed by atoms with E-state index in [1.54, 1.807) is 43.5 Å². The molecule has 0 radical (unpaired) electrons. The van der Waals surface area contributed by atoms with Crippen molar-refractivity contribution in [2.75, 3.05) is 34.4 Å². The maximum atomic E-state index is 12.7. The third kappa shape index (κ3) is 3.19. The molecule has 1 unspecified atom stereocenters. The standard InChI is InChI=1S/C18H22N2O5/c1-23-12-6-8-19(10-12)16(21)11-20-9-7-13-14(18(20)22)4-5-15(24-2)17(13)25-3/h4-5,7,9,12H,6,8,10-11H2,1-3H3. The average molecular weight is 346 g/mol. The van der Waals surface area contributed by atoms with Crippen molar-refractivity contribution >= 4 is 16.7 Å². The Kier molecular flexibility index (Phi) is 4.94. The maximum Gasteiger partial charge on any atom is 0.259 e. The molecule has 0 saturated carbocycles. The Labute approximate surface area is 145 Å².